The van der Waals surface area contributed by atoms with E-state index in [-0.39, 0.29) is 0 Å². The van der Waals surface area contributed by atoms with Gasteiger partial charge in [0.15, 0.2) is 0 Å². The van der Waals surface area contributed by atoms with E-state index in [2.05, 4.69) is 30.4 Å². The first-order valence-corrected chi connectivity index (χ1v) is 8.17. The van der Waals surface area contributed by atoms with Gasteiger partial charge in [-0.2, -0.15) is 5.10 Å². The SMILES string of the molecule is c1ccc2c(c1)ncn2Cc1ncnn1CC1CCCCC1. The minimum Gasteiger partial charge on any atom is -0.323 e. The molecule has 2 heterocycles. The number of benzene rings is 1. The Morgan fingerprint density at radius 3 is 2.82 bits per heavy atom. The van der Waals surface area contributed by atoms with Crippen molar-refractivity contribution in [2.24, 2.45) is 5.92 Å². The van der Waals surface area contributed by atoms with E-state index >= 15 is 0 Å². The second-order valence-electron chi connectivity index (χ2n) is 6.22. The lowest BCUT2D eigenvalue weighted by Gasteiger charge is -2.21. The molecule has 0 N–H and O–H groups in total. The van der Waals surface area contributed by atoms with Gasteiger partial charge in [-0.25, -0.2) is 14.6 Å². The number of fused-ring (bicyclic) bond motifs is 1. The van der Waals surface area contributed by atoms with Crippen LogP contribution in [0.3, 0.4) is 0 Å². The zero-order chi connectivity index (χ0) is 14.8. The Balaban J connectivity index is 1.54. The summed E-state index contributed by atoms with van der Waals surface area (Å²) in [5.41, 5.74) is 2.18. The van der Waals surface area contributed by atoms with Gasteiger partial charge in [0.05, 0.1) is 23.9 Å². The molecular weight excluding hydrogens is 274 g/mol. The van der Waals surface area contributed by atoms with Gasteiger partial charge in [0.1, 0.15) is 12.2 Å². The van der Waals surface area contributed by atoms with Gasteiger partial charge in [-0.1, -0.05) is 31.4 Å². The van der Waals surface area contributed by atoms with Crippen LogP contribution in [0.2, 0.25) is 0 Å². The van der Waals surface area contributed by atoms with Crippen molar-refractivity contribution in [3.63, 3.8) is 0 Å². The second-order valence-corrected chi connectivity index (χ2v) is 6.22. The predicted molar refractivity (Wildman–Crippen MR) is 85.4 cm³/mol. The first-order chi connectivity index (χ1) is 10.9. The third-order valence-electron chi connectivity index (χ3n) is 4.69. The van der Waals surface area contributed by atoms with Crippen LogP contribution in [0.5, 0.6) is 0 Å². The smallest absolute Gasteiger partial charge is 0.146 e. The molecule has 0 amide bonds. The second kappa shape index (κ2) is 5.91. The normalized spacial score (nSPS) is 16.4. The fourth-order valence-corrected chi connectivity index (χ4v) is 3.47. The molecular formula is C17H21N5. The van der Waals surface area contributed by atoms with E-state index in [1.807, 2.05) is 24.5 Å². The number of para-hydroxylation sites is 2. The summed E-state index contributed by atoms with van der Waals surface area (Å²) >= 11 is 0. The minimum absolute atomic E-state index is 0.729. The molecule has 0 radical (unpaired) electrons. The van der Waals surface area contributed by atoms with E-state index in [4.69, 9.17) is 0 Å². The molecule has 1 saturated carbocycles. The van der Waals surface area contributed by atoms with Crippen molar-refractivity contribution in [3.05, 3.63) is 42.7 Å². The van der Waals surface area contributed by atoms with E-state index in [0.717, 1.165) is 35.9 Å². The number of nitrogens with zero attached hydrogens (tertiary/aromatic N) is 5. The molecule has 114 valence electrons. The van der Waals surface area contributed by atoms with Gasteiger partial charge in [-0.15, -0.1) is 0 Å². The molecule has 0 saturated heterocycles. The standard InChI is InChI=1S/C17H21N5/c1-2-6-14(7-3-1)10-22-17(18-12-20-22)11-21-13-19-15-8-4-5-9-16(15)21/h4-5,8-9,12-14H,1-3,6-7,10-11H2. The summed E-state index contributed by atoms with van der Waals surface area (Å²) in [7, 11) is 0. The molecule has 3 aromatic rings. The lowest BCUT2D eigenvalue weighted by atomic mass is 9.89. The van der Waals surface area contributed by atoms with E-state index in [1.54, 1.807) is 6.33 Å². The molecule has 5 nitrogen and oxygen atoms in total. The fourth-order valence-electron chi connectivity index (χ4n) is 3.47. The van der Waals surface area contributed by atoms with Crippen LogP contribution < -0.4 is 0 Å². The molecule has 0 atom stereocenters. The van der Waals surface area contributed by atoms with E-state index in [0.29, 0.717) is 0 Å². The third-order valence-corrected chi connectivity index (χ3v) is 4.69. The van der Waals surface area contributed by atoms with Crippen molar-refractivity contribution >= 4 is 11.0 Å². The maximum Gasteiger partial charge on any atom is 0.146 e. The van der Waals surface area contributed by atoms with Crippen LogP contribution in [0.4, 0.5) is 0 Å². The number of rotatable bonds is 4. The van der Waals surface area contributed by atoms with Gasteiger partial charge in [-0.3, -0.25) is 0 Å². The van der Waals surface area contributed by atoms with Crippen LogP contribution in [-0.4, -0.2) is 24.3 Å². The van der Waals surface area contributed by atoms with Crippen molar-refractivity contribution in [2.75, 3.05) is 0 Å². The Morgan fingerprint density at radius 2 is 1.91 bits per heavy atom. The number of hydrogen-bond donors (Lipinski definition) is 0. The van der Waals surface area contributed by atoms with Crippen molar-refractivity contribution in [1.82, 2.24) is 24.3 Å². The van der Waals surface area contributed by atoms with Gasteiger partial charge >= 0.3 is 0 Å². The highest BCUT2D eigenvalue weighted by atomic mass is 15.3. The van der Waals surface area contributed by atoms with Crippen molar-refractivity contribution < 1.29 is 0 Å². The predicted octanol–water partition coefficient (Wildman–Crippen LogP) is 3.26. The topological polar surface area (TPSA) is 48.5 Å². The van der Waals surface area contributed by atoms with E-state index in [1.165, 1.54) is 32.1 Å². The van der Waals surface area contributed by atoms with Crippen LogP contribution >= 0.6 is 0 Å². The molecule has 22 heavy (non-hydrogen) atoms. The van der Waals surface area contributed by atoms with Gasteiger partial charge < -0.3 is 4.57 Å². The Hall–Kier alpha value is -2.17. The monoisotopic (exact) mass is 295 g/mol. The molecule has 0 bridgehead atoms. The first-order valence-electron chi connectivity index (χ1n) is 8.17. The number of hydrogen-bond acceptors (Lipinski definition) is 3. The van der Waals surface area contributed by atoms with Crippen molar-refractivity contribution in [3.8, 4) is 0 Å². The lowest BCUT2D eigenvalue weighted by molar-refractivity contribution is 0.303. The van der Waals surface area contributed by atoms with Gasteiger partial charge in [0.25, 0.3) is 0 Å². The third kappa shape index (κ3) is 2.63. The Bertz CT molecular complexity index is 751. The van der Waals surface area contributed by atoms with E-state index < -0.39 is 0 Å². The first kappa shape index (κ1) is 13.5. The summed E-state index contributed by atoms with van der Waals surface area (Å²) < 4.78 is 4.24. The molecule has 2 aromatic heterocycles. The van der Waals surface area contributed by atoms with Gasteiger partial charge in [-0.05, 0) is 30.9 Å². The molecule has 1 aromatic carbocycles. The number of imidazole rings is 1. The molecule has 0 unspecified atom stereocenters. The van der Waals surface area contributed by atoms with Crippen LogP contribution in [0.1, 0.15) is 37.9 Å². The van der Waals surface area contributed by atoms with Crippen LogP contribution in [-0.2, 0) is 13.1 Å². The van der Waals surface area contributed by atoms with Gasteiger partial charge in [0.2, 0.25) is 0 Å². The minimum atomic E-state index is 0.729. The van der Waals surface area contributed by atoms with Crippen molar-refractivity contribution in [1.29, 1.82) is 0 Å². The summed E-state index contributed by atoms with van der Waals surface area (Å²) in [6.07, 6.45) is 10.3. The zero-order valence-electron chi connectivity index (χ0n) is 12.7. The van der Waals surface area contributed by atoms with Gasteiger partial charge in [0, 0.05) is 6.54 Å². The molecule has 1 aliphatic rings. The average molecular weight is 295 g/mol. The molecule has 0 aliphatic heterocycles. The lowest BCUT2D eigenvalue weighted by Crippen LogP contribution is -2.18. The molecule has 1 aliphatic carbocycles. The molecule has 4 rings (SSSR count). The maximum absolute atomic E-state index is 4.47. The summed E-state index contributed by atoms with van der Waals surface area (Å²) in [6.45, 7) is 1.73. The summed E-state index contributed by atoms with van der Waals surface area (Å²) in [4.78, 5) is 8.92. The zero-order valence-corrected chi connectivity index (χ0v) is 12.7. The number of aromatic nitrogens is 5. The highest BCUT2D eigenvalue weighted by Crippen LogP contribution is 2.25. The van der Waals surface area contributed by atoms with Crippen molar-refractivity contribution in [2.45, 2.75) is 45.2 Å². The summed E-state index contributed by atoms with van der Waals surface area (Å²) in [5.74, 6) is 1.78. The average Bonchev–Trinajstić information content (AvgIpc) is 3.17. The maximum atomic E-state index is 4.47. The highest BCUT2D eigenvalue weighted by molar-refractivity contribution is 5.74. The Labute approximate surface area is 130 Å². The molecule has 1 fully saturated rings. The van der Waals surface area contributed by atoms with Crippen LogP contribution in [0.25, 0.3) is 11.0 Å². The van der Waals surface area contributed by atoms with E-state index in [9.17, 15) is 0 Å². The van der Waals surface area contributed by atoms with Crippen LogP contribution in [0, 0.1) is 5.92 Å². The Kier molecular flexibility index (Phi) is 3.62. The molecule has 0 spiro atoms. The Morgan fingerprint density at radius 1 is 1.05 bits per heavy atom. The summed E-state index contributed by atoms with van der Waals surface area (Å²) in [6, 6.07) is 8.21. The molecule has 5 heteroatoms. The fraction of sp³-hybridized carbons (Fsp3) is 0.471. The van der Waals surface area contributed by atoms with Crippen LogP contribution in [0.15, 0.2) is 36.9 Å². The largest absolute Gasteiger partial charge is 0.323 e. The quantitative estimate of drug-likeness (QED) is 0.742. The summed E-state index contributed by atoms with van der Waals surface area (Å²) in [5, 5.41) is 4.44. The highest BCUT2D eigenvalue weighted by Gasteiger charge is 2.16.